The van der Waals surface area contributed by atoms with E-state index in [4.69, 9.17) is 0 Å². The first kappa shape index (κ1) is 10.6. The first-order valence-corrected chi connectivity index (χ1v) is 5.81. The summed E-state index contributed by atoms with van der Waals surface area (Å²) in [4.78, 5) is 8.14. The molecule has 3 nitrogen and oxygen atoms in total. The van der Waals surface area contributed by atoms with E-state index in [0.29, 0.717) is 6.04 Å². The molecule has 1 aliphatic carbocycles. The molecule has 1 aromatic rings. The van der Waals surface area contributed by atoms with Crippen LogP contribution in [0, 0.1) is 5.92 Å². The SMILES string of the molecule is CNC1CCCCC1Cc1cncnc1. The van der Waals surface area contributed by atoms with Gasteiger partial charge < -0.3 is 5.32 Å². The second-order valence-corrected chi connectivity index (χ2v) is 4.39. The lowest BCUT2D eigenvalue weighted by atomic mass is 9.81. The Morgan fingerprint density at radius 2 is 2.00 bits per heavy atom. The summed E-state index contributed by atoms with van der Waals surface area (Å²) in [6.07, 6.45) is 12.0. The van der Waals surface area contributed by atoms with Crippen molar-refractivity contribution in [3.8, 4) is 0 Å². The van der Waals surface area contributed by atoms with Crippen molar-refractivity contribution in [2.75, 3.05) is 7.05 Å². The molecule has 0 saturated heterocycles. The Hall–Kier alpha value is -0.960. The van der Waals surface area contributed by atoms with Gasteiger partial charge in [0, 0.05) is 18.4 Å². The first-order chi connectivity index (χ1) is 7.40. The van der Waals surface area contributed by atoms with E-state index in [0.717, 1.165) is 12.3 Å². The van der Waals surface area contributed by atoms with Gasteiger partial charge in [0.05, 0.1) is 0 Å². The monoisotopic (exact) mass is 205 g/mol. The van der Waals surface area contributed by atoms with Crippen molar-refractivity contribution in [1.29, 1.82) is 0 Å². The van der Waals surface area contributed by atoms with E-state index in [-0.39, 0.29) is 0 Å². The average Bonchev–Trinajstić information content (AvgIpc) is 2.31. The normalized spacial score (nSPS) is 26.5. The van der Waals surface area contributed by atoms with Gasteiger partial charge in [-0.3, -0.25) is 0 Å². The molecular weight excluding hydrogens is 186 g/mol. The van der Waals surface area contributed by atoms with Gasteiger partial charge in [-0.1, -0.05) is 12.8 Å². The molecule has 0 spiro atoms. The highest BCUT2D eigenvalue weighted by atomic mass is 14.9. The molecule has 1 fully saturated rings. The minimum absolute atomic E-state index is 0.680. The molecule has 0 aromatic carbocycles. The molecule has 82 valence electrons. The molecule has 1 aliphatic rings. The summed E-state index contributed by atoms with van der Waals surface area (Å²) in [5.41, 5.74) is 1.27. The van der Waals surface area contributed by atoms with Gasteiger partial charge in [-0.2, -0.15) is 0 Å². The third-order valence-corrected chi connectivity index (χ3v) is 3.39. The second-order valence-electron chi connectivity index (χ2n) is 4.39. The molecule has 1 aromatic heterocycles. The molecule has 2 unspecified atom stereocenters. The van der Waals surface area contributed by atoms with Crippen LogP contribution >= 0.6 is 0 Å². The Bertz CT molecular complexity index is 286. The van der Waals surface area contributed by atoms with Gasteiger partial charge in [0.2, 0.25) is 0 Å². The summed E-state index contributed by atoms with van der Waals surface area (Å²) >= 11 is 0. The summed E-state index contributed by atoms with van der Waals surface area (Å²) in [6.45, 7) is 0. The fourth-order valence-corrected chi connectivity index (χ4v) is 2.57. The van der Waals surface area contributed by atoms with Crippen LogP contribution in [-0.2, 0) is 6.42 Å². The zero-order valence-electron chi connectivity index (χ0n) is 9.32. The van der Waals surface area contributed by atoms with Crippen molar-refractivity contribution < 1.29 is 0 Å². The highest BCUT2D eigenvalue weighted by Crippen LogP contribution is 2.26. The Morgan fingerprint density at radius 3 is 2.73 bits per heavy atom. The summed E-state index contributed by atoms with van der Waals surface area (Å²) < 4.78 is 0. The lowest BCUT2D eigenvalue weighted by molar-refractivity contribution is 0.272. The van der Waals surface area contributed by atoms with Gasteiger partial charge in [-0.15, -0.1) is 0 Å². The van der Waals surface area contributed by atoms with Gasteiger partial charge in [-0.05, 0) is 37.8 Å². The summed E-state index contributed by atoms with van der Waals surface area (Å²) in [5, 5.41) is 3.43. The Morgan fingerprint density at radius 1 is 1.27 bits per heavy atom. The van der Waals surface area contributed by atoms with Crippen LogP contribution in [0.5, 0.6) is 0 Å². The molecule has 1 saturated carbocycles. The maximum absolute atomic E-state index is 4.07. The number of hydrogen-bond donors (Lipinski definition) is 1. The third kappa shape index (κ3) is 2.75. The minimum Gasteiger partial charge on any atom is -0.317 e. The number of aromatic nitrogens is 2. The van der Waals surface area contributed by atoms with Crippen molar-refractivity contribution in [3.63, 3.8) is 0 Å². The molecule has 0 amide bonds. The fraction of sp³-hybridized carbons (Fsp3) is 0.667. The number of rotatable bonds is 3. The molecule has 0 radical (unpaired) electrons. The summed E-state index contributed by atoms with van der Waals surface area (Å²) in [7, 11) is 2.07. The second kappa shape index (κ2) is 5.21. The maximum atomic E-state index is 4.07. The highest BCUT2D eigenvalue weighted by Gasteiger charge is 2.23. The summed E-state index contributed by atoms with van der Waals surface area (Å²) in [6, 6.07) is 0.680. The Kier molecular flexibility index (Phi) is 3.67. The van der Waals surface area contributed by atoms with E-state index in [1.165, 1.54) is 31.2 Å². The predicted molar refractivity (Wildman–Crippen MR) is 60.5 cm³/mol. The van der Waals surface area contributed by atoms with Crippen LogP contribution in [0.15, 0.2) is 18.7 Å². The van der Waals surface area contributed by atoms with E-state index in [1.807, 2.05) is 12.4 Å². The molecule has 3 heteroatoms. The van der Waals surface area contributed by atoms with Crippen molar-refractivity contribution in [2.24, 2.45) is 5.92 Å². The van der Waals surface area contributed by atoms with Gasteiger partial charge in [0.15, 0.2) is 0 Å². The lowest BCUT2D eigenvalue weighted by Crippen LogP contribution is -2.37. The van der Waals surface area contributed by atoms with Crippen LogP contribution in [0.1, 0.15) is 31.2 Å². The van der Waals surface area contributed by atoms with Crippen LogP contribution in [0.25, 0.3) is 0 Å². The van der Waals surface area contributed by atoms with E-state index in [2.05, 4.69) is 22.3 Å². The van der Waals surface area contributed by atoms with Gasteiger partial charge in [0.25, 0.3) is 0 Å². The molecule has 0 bridgehead atoms. The van der Waals surface area contributed by atoms with Crippen LogP contribution < -0.4 is 5.32 Å². The molecule has 2 atom stereocenters. The van der Waals surface area contributed by atoms with Crippen LogP contribution in [0.2, 0.25) is 0 Å². The zero-order chi connectivity index (χ0) is 10.5. The van der Waals surface area contributed by atoms with E-state index >= 15 is 0 Å². The third-order valence-electron chi connectivity index (χ3n) is 3.39. The highest BCUT2D eigenvalue weighted by molar-refractivity contribution is 5.05. The maximum Gasteiger partial charge on any atom is 0.115 e. The lowest BCUT2D eigenvalue weighted by Gasteiger charge is -2.31. The minimum atomic E-state index is 0.680. The van der Waals surface area contributed by atoms with Crippen LogP contribution in [0.3, 0.4) is 0 Å². The molecule has 1 N–H and O–H groups in total. The Balaban J connectivity index is 1.97. The quantitative estimate of drug-likeness (QED) is 0.817. The molecular formula is C12H19N3. The van der Waals surface area contributed by atoms with Crippen molar-refractivity contribution >= 4 is 0 Å². The van der Waals surface area contributed by atoms with E-state index in [1.54, 1.807) is 6.33 Å². The van der Waals surface area contributed by atoms with Gasteiger partial charge >= 0.3 is 0 Å². The number of nitrogens with zero attached hydrogens (tertiary/aromatic N) is 2. The van der Waals surface area contributed by atoms with E-state index < -0.39 is 0 Å². The Labute approximate surface area is 91.3 Å². The number of hydrogen-bond acceptors (Lipinski definition) is 3. The van der Waals surface area contributed by atoms with Crippen molar-refractivity contribution in [1.82, 2.24) is 15.3 Å². The molecule has 1 heterocycles. The largest absolute Gasteiger partial charge is 0.317 e. The van der Waals surface area contributed by atoms with Gasteiger partial charge in [-0.25, -0.2) is 9.97 Å². The van der Waals surface area contributed by atoms with Crippen molar-refractivity contribution in [3.05, 3.63) is 24.3 Å². The molecule has 15 heavy (non-hydrogen) atoms. The fourth-order valence-electron chi connectivity index (χ4n) is 2.57. The zero-order valence-corrected chi connectivity index (χ0v) is 9.32. The van der Waals surface area contributed by atoms with Gasteiger partial charge in [0.1, 0.15) is 6.33 Å². The average molecular weight is 205 g/mol. The van der Waals surface area contributed by atoms with E-state index in [9.17, 15) is 0 Å². The standard InChI is InChI=1S/C12H19N3/c1-13-12-5-3-2-4-11(12)6-10-7-14-9-15-8-10/h7-9,11-13H,2-6H2,1H3. The van der Waals surface area contributed by atoms with Crippen molar-refractivity contribution in [2.45, 2.75) is 38.1 Å². The predicted octanol–water partition coefficient (Wildman–Crippen LogP) is 1.80. The number of nitrogens with one attached hydrogen (secondary N) is 1. The van der Waals surface area contributed by atoms with Crippen LogP contribution in [0.4, 0.5) is 0 Å². The molecule has 0 aliphatic heterocycles. The summed E-state index contributed by atoms with van der Waals surface area (Å²) in [5.74, 6) is 0.759. The molecule has 2 rings (SSSR count). The first-order valence-electron chi connectivity index (χ1n) is 5.81. The smallest absolute Gasteiger partial charge is 0.115 e. The van der Waals surface area contributed by atoms with Crippen LogP contribution in [-0.4, -0.2) is 23.1 Å². The topological polar surface area (TPSA) is 37.8 Å².